The second-order valence-electron chi connectivity index (χ2n) is 3.51. The van der Waals surface area contributed by atoms with Gasteiger partial charge in [-0.1, -0.05) is 0 Å². The summed E-state index contributed by atoms with van der Waals surface area (Å²) in [6, 6.07) is 0. The van der Waals surface area contributed by atoms with Crippen LogP contribution < -0.4 is 5.73 Å². The van der Waals surface area contributed by atoms with Crippen molar-refractivity contribution >= 4 is 0 Å². The van der Waals surface area contributed by atoms with Crippen LogP contribution in [0.5, 0.6) is 0 Å². The number of hydrogen-bond donors (Lipinski definition) is 1. The number of aryl methyl sites for hydroxylation is 2. The molecule has 0 saturated heterocycles. The molecule has 62 valence electrons. The molecular weight excluding hydrogens is 138 g/mol. The smallest absolute Gasteiger partial charge is 0.105 e. The summed E-state index contributed by atoms with van der Waals surface area (Å²) < 4.78 is 1.98. The maximum atomic E-state index is 5.86. The lowest BCUT2D eigenvalue weighted by atomic mass is 10.0. The van der Waals surface area contributed by atoms with Crippen molar-refractivity contribution in [2.24, 2.45) is 12.8 Å². The number of rotatable bonds is 1. The first-order valence-corrected chi connectivity index (χ1v) is 3.70. The zero-order valence-electron chi connectivity index (χ0n) is 7.55. The first-order chi connectivity index (χ1) is 4.91. The van der Waals surface area contributed by atoms with Crippen LogP contribution in [0.15, 0.2) is 6.20 Å². The zero-order chi connectivity index (χ0) is 8.65. The zero-order valence-corrected chi connectivity index (χ0v) is 7.55. The molecule has 3 heteroatoms. The molecule has 0 aromatic carbocycles. The molecule has 0 amide bonds. The molecular formula is C8H15N3. The Morgan fingerprint density at radius 2 is 2.09 bits per heavy atom. The van der Waals surface area contributed by atoms with E-state index < -0.39 is 0 Å². The van der Waals surface area contributed by atoms with Crippen LogP contribution in [0.2, 0.25) is 0 Å². The first-order valence-electron chi connectivity index (χ1n) is 3.70. The van der Waals surface area contributed by atoms with Gasteiger partial charge in [0.15, 0.2) is 0 Å². The highest BCUT2D eigenvalue weighted by molar-refractivity contribution is 5.11. The molecule has 0 unspecified atom stereocenters. The summed E-state index contributed by atoms with van der Waals surface area (Å²) in [6.45, 7) is 5.87. The Hall–Kier alpha value is -0.830. The molecule has 0 radical (unpaired) electrons. The van der Waals surface area contributed by atoms with Gasteiger partial charge in [-0.2, -0.15) is 0 Å². The Labute approximate surface area is 67.2 Å². The van der Waals surface area contributed by atoms with E-state index in [1.54, 1.807) is 0 Å². The molecule has 3 nitrogen and oxygen atoms in total. The molecule has 0 saturated carbocycles. The van der Waals surface area contributed by atoms with Crippen molar-refractivity contribution in [1.82, 2.24) is 9.55 Å². The largest absolute Gasteiger partial charge is 0.338 e. The first kappa shape index (κ1) is 8.27. The van der Waals surface area contributed by atoms with Crippen LogP contribution in [-0.4, -0.2) is 9.55 Å². The Morgan fingerprint density at radius 1 is 1.55 bits per heavy atom. The van der Waals surface area contributed by atoms with Crippen molar-refractivity contribution < 1.29 is 0 Å². The van der Waals surface area contributed by atoms with Crippen LogP contribution in [-0.2, 0) is 12.6 Å². The molecule has 0 fully saturated rings. The van der Waals surface area contributed by atoms with E-state index in [1.165, 1.54) is 0 Å². The van der Waals surface area contributed by atoms with Crippen molar-refractivity contribution in [3.05, 3.63) is 17.7 Å². The summed E-state index contributed by atoms with van der Waals surface area (Å²) in [5.41, 5.74) is 6.48. The van der Waals surface area contributed by atoms with E-state index in [0.29, 0.717) is 0 Å². The molecule has 11 heavy (non-hydrogen) atoms. The Kier molecular flexibility index (Phi) is 1.76. The molecule has 0 spiro atoms. The molecule has 1 aromatic heterocycles. The van der Waals surface area contributed by atoms with E-state index in [-0.39, 0.29) is 5.54 Å². The second-order valence-corrected chi connectivity index (χ2v) is 3.51. The lowest BCUT2D eigenvalue weighted by Gasteiger charge is -2.14. The minimum absolute atomic E-state index is 0.327. The van der Waals surface area contributed by atoms with Crippen molar-refractivity contribution in [3.8, 4) is 0 Å². The van der Waals surface area contributed by atoms with Gasteiger partial charge in [0.2, 0.25) is 0 Å². The van der Waals surface area contributed by atoms with E-state index in [4.69, 9.17) is 5.73 Å². The summed E-state index contributed by atoms with van der Waals surface area (Å²) in [7, 11) is 1.97. The van der Waals surface area contributed by atoms with Gasteiger partial charge in [-0.25, -0.2) is 4.98 Å². The number of hydrogen-bond acceptors (Lipinski definition) is 2. The topological polar surface area (TPSA) is 43.8 Å². The van der Waals surface area contributed by atoms with Gasteiger partial charge in [-0.3, -0.25) is 0 Å². The summed E-state index contributed by atoms with van der Waals surface area (Å²) in [6.07, 6.45) is 1.97. The highest BCUT2D eigenvalue weighted by Crippen LogP contribution is 2.14. The fourth-order valence-electron chi connectivity index (χ4n) is 0.869. The van der Waals surface area contributed by atoms with Crippen molar-refractivity contribution in [1.29, 1.82) is 0 Å². The van der Waals surface area contributed by atoms with Gasteiger partial charge in [0.25, 0.3) is 0 Å². The quantitative estimate of drug-likeness (QED) is 0.652. The number of aromatic nitrogens is 2. The lowest BCUT2D eigenvalue weighted by Crippen LogP contribution is -2.29. The molecule has 1 aromatic rings. The predicted octanol–water partition coefficient (Wildman–Crippen LogP) is 0.922. The van der Waals surface area contributed by atoms with Crippen LogP contribution in [0.3, 0.4) is 0 Å². The van der Waals surface area contributed by atoms with Crippen molar-refractivity contribution in [2.75, 3.05) is 0 Å². The number of nitrogens with two attached hydrogens (primary N) is 1. The van der Waals surface area contributed by atoms with Gasteiger partial charge in [-0.15, -0.1) is 0 Å². The normalized spacial score (nSPS) is 12.1. The van der Waals surface area contributed by atoms with E-state index in [0.717, 1.165) is 11.5 Å². The summed E-state index contributed by atoms with van der Waals surface area (Å²) >= 11 is 0. The monoisotopic (exact) mass is 153 g/mol. The summed E-state index contributed by atoms with van der Waals surface area (Å²) in [5.74, 6) is 0.999. The van der Waals surface area contributed by atoms with E-state index in [9.17, 15) is 0 Å². The van der Waals surface area contributed by atoms with Crippen LogP contribution >= 0.6 is 0 Å². The molecule has 0 aliphatic heterocycles. The van der Waals surface area contributed by atoms with Crippen LogP contribution in [0.25, 0.3) is 0 Å². The highest BCUT2D eigenvalue weighted by atomic mass is 15.1. The molecule has 1 heterocycles. The van der Waals surface area contributed by atoms with Gasteiger partial charge in [0.1, 0.15) is 5.82 Å². The third-order valence-corrected chi connectivity index (χ3v) is 1.77. The van der Waals surface area contributed by atoms with Gasteiger partial charge in [-0.05, 0) is 20.8 Å². The number of imidazole rings is 1. The lowest BCUT2D eigenvalue weighted by molar-refractivity contribution is 0.537. The summed E-state index contributed by atoms with van der Waals surface area (Å²) in [5, 5.41) is 0. The summed E-state index contributed by atoms with van der Waals surface area (Å²) in [4.78, 5) is 4.32. The van der Waals surface area contributed by atoms with Crippen molar-refractivity contribution in [3.63, 3.8) is 0 Å². The second kappa shape index (κ2) is 2.34. The molecule has 0 aliphatic rings. The maximum Gasteiger partial charge on any atom is 0.105 e. The average Bonchev–Trinajstić information content (AvgIpc) is 2.11. The maximum absolute atomic E-state index is 5.86. The standard InChI is InChI=1S/C8H15N3/c1-6-10-7(5-11(6)4)8(2,3)9/h5H,9H2,1-4H3. The van der Waals surface area contributed by atoms with Gasteiger partial charge >= 0.3 is 0 Å². The average molecular weight is 153 g/mol. The molecule has 1 rings (SSSR count). The molecule has 0 aliphatic carbocycles. The predicted molar refractivity (Wildman–Crippen MR) is 45.2 cm³/mol. The Morgan fingerprint density at radius 3 is 2.27 bits per heavy atom. The third kappa shape index (κ3) is 1.60. The third-order valence-electron chi connectivity index (χ3n) is 1.77. The van der Waals surface area contributed by atoms with E-state index in [1.807, 2.05) is 38.6 Å². The Bertz CT molecular complexity index is 235. The van der Waals surface area contributed by atoms with E-state index >= 15 is 0 Å². The van der Waals surface area contributed by atoms with Crippen LogP contribution in [0, 0.1) is 6.92 Å². The molecule has 0 bridgehead atoms. The van der Waals surface area contributed by atoms with Gasteiger partial charge in [0.05, 0.1) is 11.2 Å². The van der Waals surface area contributed by atoms with Crippen LogP contribution in [0.1, 0.15) is 25.4 Å². The van der Waals surface area contributed by atoms with Crippen LogP contribution in [0.4, 0.5) is 0 Å². The SMILES string of the molecule is Cc1nc(C(C)(C)N)cn1C. The highest BCUT2D eigenvalue weighted by Gasteiger charge is 2.17. The minimum atomic E-state index is -0.327. The molecule has 0 atom stereocenters. The molecule has 2 N–H and O–H groups in total. The van der Waals surface area contributed by atoms with E-state index in [2.05, 4.69) is 4.98 Å². The minimum Gasteiger partial charge on any atom is -0.338 e. The fraction of sp³-hybridized carbons (Fsp3) is 0.625. The van der Waals surface area contributed by atoms with Gasteiger partial charge < -0.3 is 10.3 Å². The van der Waals surface area contributed by atoms with Crippen molar-refractivity contribution in [2.45, 2.75) is 26.3 Å². The Balaban J connectivity index is 3.08. The number of nitrogens with zero attached hydrogens (tertiary/aromatic N) is 2. The van der Waals surface area contributed by atoms with Gasteiger partial charge in [0, 0.05) is 13.2 Å². The fourth-order valence-corrected chi connectivity index (χ4v) is 0.869.